The second-order valence-corrected chi connectivity index (χ2v) is 11.2. The van der Waals surface area contributed by atoms with Crippen LogP contribution >= 0.6 is 0 Å². The number of fused-ring (bicyclic) bond motifs is 2. The van der Waals surface area contributed by atoms with Gasteiger partial charge in [-0.3, -0.25) is 4.79 Å². The van der Waals surface area contributed by atoms with Gasteiger partial charge < -0.3 is 19.5 Å². The predicted octanol–water partition coefficient (Wildman–Crippen LogP) is 5.67. The first kappa shape index (κ1) is 24.8. The lowest BCUT2D eigenvalue weighted by atomic mass is 9.83. The zero-order chi connectivity index (χ0) is 25.9. The number of carbonyl (C=O) groups excluding carboxylic acids is 1. The van der Waals surface area contributed by atoms with Crippen molar-refractivity contribution in [1.29, 1.82) is 0 Å². The first-order chi connectivity index (χ1) is 17.0. The van der Waals surface area contributed by atoms with Gasteiger partial charge in [0.15, 0.2) is 17.7 Å². The molecule has 1 aliphatic carbocycles. The first-order valence-electron chi connectivity index (χ1n) is 12.8. The van der Waals surface area contributed by atoms with Crippen LogP contribution in [0.25, 0.3) is 11.1 Å². The zero-order valence-electron chi connectivity index (χ0n) is 21.7. The summed E-state index contributed by atoms with van der Waals surface area (Å²) in [7, 11) is 0. The van der Waals surface area contributed by atoms with Crippen LogP contribution in [0, 0.1) is 25.6 Å². The third-order valence-electron chi connectivity index (χ3n) is 7.39. The Balaban J connectivity index is 1.79. The fourth-order valence-electron chi connectivity index (χ4n) is 5.62. The van der Waals surface area contributed by atoms with E-state index in [2.05, 4.69) is 0 Å². The molecule has 1 fully saturated rings. The van der Waals surface area contributed by atoms with E-state index in [4.69, 9.17) is 9.47 Å². The Morgan fingerprint density at radius 3 is 2.53 bits per heavy atom. The van der Waals surface area contributed by atoms with Gasteiger partial charge >= 0.3 is 5.97 Å². The highest BCUT2D eigenvalue weighted by Crippen LogP contribution is 2.48. The number of benzene rings is 2. The largest absolute Gasteiger partial charge is 0.490 e. The van der Waals surface area contributed by atoms with Crippen molar-refractivity contribution in [2.75, 3.05) is 18.1 Å². The summed E-state index contributed by atoms with van der Waals surface area (Å²) < 4.78 is 27.1. The molecule has 0 saturated heterocycles. The summed E-state index contributed by atoms with van der Waals surface area (Å²) in [5.41, 5.74) is 5.24. The molecule has 1 N–H and O–H groups in total. The maximum Gasteiger partial charge on any atom is 0.337 e. The number of amides is 1. The molecule has 1 atom stereocenters. The predicted molar refractivity (Wildman–Crippen MR) is 135 cm³/mol. The zero-order valence-corrected chi connectivity index (χ0v) is 21.7. The number of carboxylic acid groups (broad SMARTS) is 1. The molecular weight excluding hydrogens is 461 g/mol. The molecule has 2 aromatic carbocycles. The summed E-state index contributed by atoms with van der Waals surface area (Å²) in [4.78, 5) is 27.5. The fourth-order valence-corrected chi connectivity index (χ4v) is 5.62. The molecule has 36 heavy (non-hydrogen) atoms. The smallest absolute Gasteiger partial charge is 0.337 e. The quantitative estimate of drug-likeness (QED) is 0.578. The van der Waals surface area contributed by atoms with Gasteiger partial charge in [0.1, 0.15) is 0 Å². The molecule has 3 aliphatic rings. The van der Waals surface area contributed by atoms with Crippen LogP contribution < -0.4 is 9.64 Å². The van der Waals surface area contributed by atoms with E-state index in [0.717, 1.165) is 41.6 Å². The average Bonchev–Trinajstić information content (AvgIpc) is 3.58. The Labute approximate surface area is 211 Å². The summed E-state index contributed by atoms with van der Waals surface area (Å²) in [6, 6.07) is 3.38. The van der Waals surface area contributed by atoms with Crippen LogP contribution in [0.1, 0.15) is 74.0 Å². The Kier molecular flexibility index (Phi) is 6.10. The summed E-state index contributed by atoms with van der Waals surface area (Å²) in [6.45, 7) is 10.3. The van der Waals surface area contributed by atoms with E-state index >= 15 is 4.39 Å². The lowest BCUT2D eigenvalue weighted by molar-refractivity contribution is -0.160. The molecule has 192 valence electrons. The highest BCUT2D eigenvalue weighted by Gasteiger charge is 2.40. The molecule has 7 heteroatoms. The maximum atomic E-state index is 15.4. The van der Waals surface area contributed by atoms with Crippen molar-refractivity contribution in [3.8, 4) is 16.9 Å². The monoisotopic (exact) mass is 495 g/mol. The topological polar surface area (TPSA) is 76.1 Å². The van der Waals surface area contributed by atoms with Gasteiger partial charge in [-0.1, -0.05) is 0 Å². The first-order valence-corrected chi connectivity index (χ1v) is 12.8. The number of carbonyl (C=O) groups is 2. The normalized spacial score (nSPS) is 17.9. The van der Waals surface area contributed by atoms with Crippen molar-refractivity contribution in [3.05, 3.63) is 45.8 Å². The summed E-state index contributed by atoms with van der Waals surface area (Å²) in [6.07, 6.45) is 2.64. The number of halogens is 1. The number of aliphatic carboxylic acids is 1. The van der Waals surface area contributed by atoms with Crippen molar-refractivity contribution >= 4 is 17.6 Å². The average molecular weight is 496 g/mol. The van der Waals surface area contributed by atoms with E-state index in [0.29, 0.717) is 54.0 Å². The van der Waals surface area contributed by atoms with E-state index in [1.807, 2.05) is 45.6 Å². The number of aryl methyl sites for hydroxylation is 1. The molecule has 1 saturated carbocycles. The van der Waals surface area contributed by atoms with Gasteiger partial charge in [-0.15, -0.1) is 0 Å². The van der Waals surface area contributed by atoms with E-state index < -0.39 is 23.5 Å². The summed E-state index contributed by atoms with van der Waals surface area (Å²) in [5, 5.41) is 10.3. The molecule has 0 bridgehead atoms. The van der Waals surface area contributed by atoms with Crippen LogP contribution in [0.15, 0.2) is 12.1 Å². The third-order valence-corrected chi connectivity index (χ3v) is 7.39. The molecule has 2 aliphatic heterocycles. The lowest BCUT2D eigenvalue weighted by Gasteiger charge is -2.30. The molecule has 0 aromatic heterocycles. The molecular formula is C29H34FNO5. The van der Waals surface area contributed by atoms with Crippen LogP contribution in [0.3, 0.4) is 0 Å². The Hall–Kier alpha value is -2.93. The second kappa shape index (κ2) is 8.87. The number of ether oxygens (including phenoxy) is 2. The Bertz CT molecular complexity index is 1260. The minimum absolute atomic E-state index is 0.0652. The van der Waals surface area contributed by atoms with Gasteiger partial charge in [0, 0.05) is 29.3 Å². The van der Waals surface area contributed by atoms with Gasteiger partial charge in [-0.05, 0) is 107 Å². The minimum Gasteiger partial charge on any atom is -0.490 e. The number of nitrogens with zero attached hydrogens (tertiary/aromatic N) is 1. The highest BCUT2D eigenvalue weighted by molar-refractivity contribution is 6.01. The molecule has 1 amide bonds. The van der Waals surface area contributed by atoms with E-state index in [9.17, 15) is 14.7 Å². The number of anilines is 1. The lowest BCUT2D eigenvalue weighted by Crippen LogP contribution is -2.30. The van der Waals surface area contributed by atoms with Crippen molar-refractivity contribution in [2.24, 2.45) is 5.92 Å². The molecule has 2 aromatic rings. The van der Waals surface area contributed by atoms with Crippen LogP contribution in [-0.2, 0) is 27.2 Å². The van der Waals surface area contributed by atoms with Crippen LogP contribution in [0.2, 0.25) is 0 Å². The Morgan fingerprint density at radius 1 is 1.17 bits per heavy atom. The molecule has 0 spiro atoms. The van der Waals surface area contributed by atoms with Gasteiger partial charge in [0.2, 0.25) is 5.91 Å². The van der Waals surface area contributed by atoms with Crippen molar-refractivity contribution in [1.82, 2.24) is 0 Å². The van der Waals surface area contributed by atoms with E-state index in [-0.39, 0.29) is 11.8 Å². The number of hydrogen-bond donors (Lipinski definition) is 1. The SMILES string of the molecule is Cc1cc2c(c(-c3cc(F)c4c(c3C)CCCO4)c1[C@H](OC(C)(C)C)C(=O)O)CCN2C(=O)C1CC1. The van der Waals surface area contributed by atoms with E-state index in [1.54, 1.807) is 0 Å². The number of carboxylic acids is 1. The van der Waals surface area contributed by atoms with Gasteiger partial charge in [0.25, 0.3) is 0 Å². The molecule has 2 heterocycles. The maximum absolute atomic E-state index is 15.4. The van der Waals surface area contributed by atoms with Gasteiger partial charge in [0.05, 0.1) is 12.2 Å². The minimum atomic E-state index is -1.24. The van der Waals surface area contributed by atoms with Crippen molar-refractivity contribution in [2.45, 2.75) is 78.4 Å². The van der Waals surface area contributed by atoms with Crippen LogP contribution in [0.4, 0.5) is 10.1 Å². The second-order valence-electron chi connectivity index (χ2n) is 11.2. The highest BCUT2D eigenvalue weighted by atomic mass is 19.1. The summed E-state index contributed by atoms with van der Waals surface area (Å²) in [5.74, 6) is -1.07. The molecule has 0 radical (unpaired) electrons. The van der Waals surface area contributed by atoms with Crippen molar-refractivity contribution < 1.29 is 28.6 Å². The van der Waals surface area contributed by atoms with E-state index in [1.165, 1.54) is 6.07 Å². The molecule has 5 rings (SSSR count). The molecule has 6 nitrogen and oxygen atoms in total. The molecule has 0 unspecified atom stereocenters. The van der Waals surface area contributed by atoms with Gasteiger partial charge in [-0.2, -0.15) is 0 Å². The van der Waals surface area contributed by atoms with Crippen molar-refractivity contribution in [3.63, 3.8) is 0 Å². The fraction of sp³-hybridized carbons (Fsp3) is 0.517. The summed E-state index contributed by atoms with van der Waals surface area (Å²) >= 11 is 0. The van der Waals surface area contributed by atoms with Crippen LogP contribution in [-0.4, -0.2) is 35.7 Å². The standard InChI is InChI=1S/C29H34FNO5/c1-15-13-22-19(10-11-31(22)27(32)17-8-9-17)24(23(15)26(28(33)34)36-29(3,4)5)20-14-21(30)25-18(16(20)2)7-6-12-35-25/h13-14,17,26H,6-12H2,1-5H3,(H,33,34)/t26-/m0/s1. The Morgan fingerprint density at radius 2 is 1.89 bits per heavy atom. The van der Waals surface area contributed by atoms with Crippen LogP contribution in [0.5, 0.6) is 5.75 Å². The van der Waals surface area contributed by atoms with Gasteiger partial charge in [-0.25, -0.2) is 9.18 Å². The third kappa shape index (κ3) is 4.27. The number of rotatable bonds is 5. The number of hydrogen-bond acceptors (Lipinski definition) is 4.